The van der Waals surface area contributed by atoms with Crippen LogP contribution in [0, 0.1) is 6.92 Å². The Morgan fingerprint density at radius 3 is 2.78 bits per heavy atom. The molecule has 92 valence electrons. The maximum atomic E-state index is 11.9. The highest BCUT2D eigenvalue weighted by molar-refractivity contribution is 5.91. The van der Waals surface area contributed by atoms with Gasteiger partial charge in [-0.25, -0.2) is 4.79 Å². The average Bonchev–Trinajstić information content (AvgIpc) is 2.40. The predicted molar refractivity (Wildman–Crippen MR) is 68.9 cm³/mol. The Hall–Kier alpha value is -2.36. The number of anilines is 1. The molecule has 1 aromatic carbocycles. The summed E-state index contributed by atoms with van der Waals surface area (Å²) in [5, 5.41) is 0. The zero-order valence-corrected chi connectivity index (χ0v) is 10.1. The Morgan fingerprint density at radius 2 is 2.06 bits per heavy atom. The maximum Gasteiger partial charge on any atom is 0.340 e. The molecule has 18 heavy (non-hydrogen) atoms. The molecule has 2 aromatic rings. The second-order valence-electron chi connectivity index (χ2n) is 3.96. The molecule has 0 fully saturated rings. The molecule has 0 unspecified atom stereocenters. The second kappa shape index (κ2) is 5.31. The topological polar surface area (TPSA) is 65.2 Å². The van der Waals surface area contributed by atoms with Gasteiger partial charge in [-0.05, 0) is 18.6 Å². The summed E-state index contributed by atoms with van der Waals surface area (Å²) in [6.07, 6.45) is 1.52. The number of esters is 1. The summed E-state index contributed by atoms with van der Waals surface area (Å²) in [6.45, 7) is 1.99. The molecule has 0 aliphatic rings. The van der Waals surface area contributed by atoms with Crippen LogP contribution in [0.25, 0.3) is 0 Å². The highest BCUT2D eigenvalue weighted by Crippen LogP contribution is 2.12. The number of carbonyl (C=O) groups is 1. The molecule has 0 saturated heterocycles. The number of hydrogen-bond donors (Lipinski definition) is 1. The van der Waals surface area contributed by atoms with E-state index >= 15 is 0 Å². The lowest BCUT2D eigenvalue weighted by Crippen LogP contribution is -2.09. The normalized spacial score (nSPS) is 10.1. The van der Waals surface area contributed by atoms with E-state index in [2.05, 4.69) is 4.98 Å². The highest BCUT2D eigenvalue weighted by Gasteiger charge is 2.12. The van der Waals surface area contributed by atoms with E-state index in [1.807, 2.05) is 30.3 Å². The predicted octanol–water partition coefficient (Wildman–Crippen LogP) is 2.33. The standard InChI is InChI=1S/C14H14N2O2/c1-10-13(7-12(15)8-16-10)14(17)18-9-11-5-3-2-4-6-11/h2-8H,9,15H2,1H3. The number of nitrogen functional groups attached to an aromatic ring is 1. The van der Waals surface area contributed by atoms with Crippen LogP contribution in [-0.4, -0.2) is 11.0 Å². The van der Waals surface area contributed by atoms with Crippen LogP contribution in [0.3, 0.4) is 0 Å². The van der Waals surface area contributed by atoms with Gasteiger partial charge in [0.2, 0.25) is 0 Å². The van der Waals surface area contributed by atoms with Crippen molar-refractivity contribution < 1.29 is 9.53 Å². The van der Waals surface area contributed by atoms with E-state index in [0.717, 1.165) is 5.56 Å². The first-order valence-electron chi connectivity index (χ1n) is 5.60. The third kappa shape index (κ3) is 2.85. The van der Waals surface area contributed by atoms with E-state index in [1.165, 1.54) is 6.20 Å². The summed E-state index contributed by atoms with van der Waals surface area (Å²) >= 11 is 0. The molecule has 0 aliphatic carbocycles. The third-order valence-corrected chi connectivity index (χ3v) is 2.54. The van der Waals surface area contributed by atoms with Crippen molar-refractivity contribution in [3.63, 3.8) is 0 Å². The smallest absolute Gasteiger partial charge is 0.340 e. The van der Waals surface area contributed by atoms with Crippen LogP contribution < -0.4 is 5.73 Å². The summed E-state index contributed by atoms with van der Waals surface area (Å²) < 4.78 is 5.22. The van der Waals surface area contributed by atoms with Gasteiger partial charge in [0.25, 0.3) is 0 Å². The molecule has 2 rings (SSSR count). The molecular formula is C14H14N2O2. The van der Waals surface area contributed by atoms with Crippen LogP contribution in [0.2, 0.25) is 0 Å². The first-order valence-corrected chi connectivity index (χ1v) is 5.60. The molecule has 4 heteroatoms. The van der Waals surface area contributed by atoms with Crippen molar-refractivity contribution in [2.75, 3.05) is 5.73 Å². The summed E-state index contributed by atoms with van der Waals surface area (Å²) in [6, 6.07) is 11.1. The third-order valence-electron chi connectivity index (χ3n) is 2.54. The average molecular weight is 242 g/mol. The molecule has 0 aliphatic heterocycles. The van der Waals surface area contributed by atoms with Gasteiger partial charge in [-0.3, -0.25) is 4.98 Å². The van der Waals surface area contributed by atoms with Gasteiger partial charge >= 0.3 is 5.97 Å². The Morgan fingerprint density at radius 1 is 1.33 bits per heavy atom. The number of aryl methyl sites for hydroxylation is 1. The first kappa shape index (κ1) is 12.1. The number of nitrogens with zero attached hydrogens (tertiary/aromatic N) is 1. The largest absolute Gasteiger partial charge is 0.457 e. The Bertz CT molecular complexity index is 553. The van der Waals surface area contributed by atoms with Gasteiger partial charge in [0.15, 0.2) is 0 Å². The molecular weight excluding hydrogens is 228 g/mol. The number of carbonyl (C=O) groups excluding carboxylic acids is 1. The van der Waals surface area contributed by atoms with E-state index in [0.29, 0.717) is 16.9 Å². The minimum absolute atomic E-state index is 0.244. The number of aromatic nitrogens is 1. The number of hydrogen-bond acceptors (Lipinski definition) is 4. The number of nitrogens with two attached hydrogens (primary N) is 1. The van der Waals surface area contributed by atoms with Crippen LogP contribution in [0.5, 0.6) is 0 Å². The summed E-state index contributed by atoms with van der Waals surface area (Å²) in [5.74, 6) is -0.406. The SMILES string of the molecule is Cc1ncc(N)cc1C(=O)OCc1ccccc1. The summed E-state index contributed by atoms with van der Waals surface area (Å²) in [7, 11) is 0. The number of rotatable bonds is 3. The van der Waals surface area contributed by atoms with Crippen LogP contribution in [0.1, 0.15) is 21.6 Å². The van der Waals surface area contributed by atoms with Crippen molar-refractivity contribution in [2.45, 2.75) is 13.5 Å². The highest BCUT2D eigenvalue weighted by atomic mass is 16.5. The number of pyridine rings is 1. The van der Waals surface area contributed by atoms with E-state index in [1.54, 1.807) is 13.0 Å². The Kier molecular flexibility index (Phi) is 3.57. The van der Waals surface area contributed by atoms with Gasteiger partial charge in [0.1, 0.15) is 6.61 Å². The molecule has 0 bridgehead atoms. The van der Waals surface area contributed by atoms with E-state index < -0.39 is 5.97 Å². The fourth-order valence-corrected chi connectivity index (χ4v) is 1.56. The molecule has 0 spiro atoms. The van der Waals surface area contributed by atoms with Gasteiger partial charge in [-0.15, -0.1) is 0 Å². The van der Waals surface area contributed by atoms with Gasteiger partial charge in [0, 0.05) is 0 Å². The maximum absolute atomic E-state index is 11.9. The molecule has 1 aromatic heterocycles. The molecule has 0 amide bonds. The van der Waals surface area contributed by atoms with Gasteiger partial charge < -0.3 is 10.5 Å². The van der Waals surface area contributed by atoms with E-state index in [-0.39, 0.29) is 6.61 Å². The molecule has 0 atom stereocenters. The van der Waals surface area contributed by atoms with Crippen molar-refractivity contribution >= 4 is 11.7 Å². The van der Waals surface area contributed by atoms with Gasteiger partial charge in [0.05, 0.1) is 23.1 Å². The molecule has 0 radical (unpaired) electrons. The van der Waals surface area contributed by atoms with Gasteiger partial charge in [-0.1, -0.05) is 30.3 Å². The zero-order chi connectivity index (χ0) is 13.0. The summed E-state index contributed by atoms with van der Waals surface area (Å²) in [5.41, 5.74) is 8.02. The van der Waals surface area contributed by atoms with Crippen molar-refractivity contribution in [2.24, 2.45) is 0 Å². The lowest BCUT2D eigenvalue weighted by molar-refractivity contribution is 0.0471. The summed E-state index contributed by atoms with van der Waals surface area (Å²) in [4.78, 5) is 15.9. The van der Waals surface area contributed by atoms with Crippen LogP contribution in [-0.2, 0) is 11.3 Å². The first-order chi connectivity index (χ1) is 8.66. The Labute approximate surface area is 105 Å². The Balaban J connectivity index is 2.06. The van der Waals surface area contributed by atoms with E-state index in [9.17, 15) is 4.79 Å². The number of benzene rings is 1. The molecule has 0 saturated carbocycles. The van der Waals surface area contributed by atoms with Crippen molar-refractivity contribution in [1.82, 2.24) is 4.98 Å². The monoisotopic (exact) mass is 242 g/mol. The molecule has 4 nitrogen and oxygen atoms in total. The molecule has 1 heterocycles. The van der Waals surface area contributed by atoms with Gasteiger partial charge in [-0.2, -0.15) is 0 Å². The second-order valence-corrected chi connectivity index (χ2v) is 3.96. The fraction of sp³-hybridized carbons (Fsp3) is 0.143. The van der Waals surface area contributed by atoms with Crippen molar-refractivity contribution in [3.05, 3.63) is 59.4 Å². The van der Waals surface area contributed by atoms with Crippen molar-refractivity contribution in [3.8, 4) is 0 Å². The lowest BCUT2D eigenvalue weighted by Gasteiger charge is -2.07. The quantitative estimate of drug-likeness (QED) is 0.839. The minimum Gasteiger partial charge on any atom is -0.457 e. The minimum atomic E-state index is -0.406. The zero-order valence-electron chi connectivity index (χ0n) is 10.1. The molecule has 2 N–H and O–H groups in total. The fourth-order valence-electron chi connectivity index (χ4n) is 1.56. The van der Waals surface area contributed by atoms with E-state index in [4.69, 9.17) is 10.5 Å². The van der Waals surface area contributed by atoms with Crippen LogP contribution in [0.4, 0.5) is 5.69 Å². The lowest BCUT2D eigenvalue weighted by atomic mass is 10.2. The number of ether oxygens (including phenoxy) is 1. The van der Waals surface area contributed by atoms with Crippen LogP contribution in [0.15, 0.2) is 42.6 Å². The van der Waals surface area contributed by atoms with Crippen molar-refractivity contribution in [1.29, 1.82) is 0 Å². The van der Waals surface area contributed by atoms with Crippen LogP contribution >= 0.6 is 0 Å².